The Labute approximate surface area is 111 Å². The second kappa shape index (κ2) is 4.10. The SMILES string of the molecule is O=C(N[C@H]1CN2CC[C@H]1C2)c1ccc2cc[nH]c2c1. The van der Waals surface area contributed by atoms with Crippen molar-refractivity contribution in [3.63, 3.8) is 0 Å². The minimum absolute atomic E-state index is 0.0512. The van der Waals surface area contributed by atoms with Crippen molar-refractivity contribution in [1.29, 1.82) is 0 Å². The van der Waals surface area contributed by atoms with Gasteiger partial charge in [-0.25, -0.2) is 0 Å². The molecule has 98 valence electrons. The van der Waals surface area contributed by atoms with Crippen LogP contribution in [0, 0.1) is 5.92 Å². The fourth-order valence-electron chi connectivity index (χ4n) is 3.39. The molecule has 1 unspecified atom stereocenters. The second-order valence-electron chi connectivity index (χ2n) is 5.67. The summed E-state index contributed by atoms with van der Waals surface area (Å²) in [6.07, 6.45) is 3.12. The molecular weight excluding hydrogens is 238 g/mol. The highest BCUT2D eigenvalue weighted by molar-refractivity contribution is 5.98. The molecule has 1 aromatic heterocycles. The van der Waals surface area contributed by atoms with Crippen LogP contribution in [0.3, 0.4) is 0 Å². The maximum Gasteiger partial charge on any atom is 0.251 e. The van der Waals surface area contributed by atoms with Gasteiger partial charge in [0, 0.05) is 36.4 Å². The predicted molar refractivity (Wildman–Crippen MR) is 74.1 cm³/mol. The van der Waals surface area contributed by atoms with Crippen molar-refractivity contribution in [2.45, 2.75) is 12.5 Å². The zero-order valence-corrected chi connectivity index (χ0v) is 10.7. The lowest BCUT2D eigenvalue weighted by Gasteiger charge is -2.23. The van der Waals surface area contributed by atoms with Crippen LogP contribution in [0.2, 0.25) is 0 Å². The van der Waals surface area contributed by atoms with Crippen molar-refractivity contribution < 1.29 is 4.79 Å². The molecule has 2 N–H and O–H groups in total. The summed E-state index contributed by atoms with van der Waals surface area (Å²) in [6.45, 7) is 3.37. The maximum absolute atomic E-state index is 12.3. The van der Waals surface area contributed by atoms with E-state index < -0.39 is 0 Å². The number of carbonyl (C=O) groups excluding carboxylic acids is 1. The number of fused-ring (bicyclic) bond motifs is 3. The maximum atomic E-state index is 12.3. The molecule has 2 aromatic rings. The second-order valence-corrected chi connectivity index (χ2v) is 5.67. The Morgan fingerprint density at radius 3 is 3.05 bits per heavy atom. The van der Waals surface area contributed by atoms with E-state index in [0.29, 0.717) is 12.0 Å². The normalized spacial score (nSPS) is 28.9. The molecule has 19 heavy (non-hydrogen) atoms. The summed E-state index contributed by atoms with van der Waals surface area (Å²) in [4.78, 5) is 17.9. The molecule has 0 saturated carbocycles. The molecule has 0 aliphatic carbocycles. The fraction of sp³-hybridized carbons (Fsp3) is 0.400. The van der Waals surface area contributed by atoms with E-state index >= 15 is 0 Å². The molecule has 4 rings (SSSR count). The van der Waals surface area contributed by atoms with E-state index in [1.807, 2.05) is 30.5 Å². The molecule has 0 spiro atoms. The van der Waals surface area contributed by atoms with Gasteiger partial charge >= 0.3 is 0 Å². The summed E-state index contributed by atoms with van der Waals surface area (Å²) in [5, 5.41) is 4.33. The van der Waals surface area contributed by atoms with E-state index in [1.54, 1.807) is 0 Å². The summed E-state index contributed by atoms with van der Waals surface area (Å²) in [5.41, 5.74) is 1.76. The van der Waals surface area contributed by atoms with E-state index in [2.05, 4.69) is 15.2 Å². The zero-order valence-electron chi connectivity index (χ0n) is 10.7. The Bertz CT molecular complexity index is 633. The van der Waals surface area contributed by atoms with Gasteiger partial charge in [0.05, 0.1) is 0 Å². The average molecular weight is 255 g/mol. The predicted octanol–water partition coefficient (Wildman–Crippen LogP) is 1.60. The molecule has 1 aromatic carbocycles. The van der Waals surface area contributed by atoms with Gasteiger partial charge in [0.25, 0.3) is 5.91 Å². The Morgan fingerprint density at radius 2 is 2.26 bits per heavy atom. The van der Waals surface area contributed by atoms with Crippen LogP contribution in [0.1, 0.15) is 16.8 Å². The van der Waals surface area contributed by atoms with Crippen LogP contribution in [0.5, 0.6) is 0 Å². The largest absolute Gasteiger partial charge is 0.361 e. The summed E-state index contributed by atoms with van der Waals surface area (Å²) >= 11 is 0. The Hall–Kier alpha value is -1.81. The number of hydrogen-bond acceptors (Lipinski definition) is 2. The average Bonchev–Trinajstić information content (AvgIpc) is 3.13. The van der Waals surface area contributed by atoms with Crippen LogP contribution in [-0.4, -0.2) is 41.5 Å². The highest BCUT2D eigenvalue weighted by atomic mass is 16.1. The van der Waals surface area contributed by atoms with Crippen molar-refractivity contribution in [1.82, 2.24) is 15.2 Å². The molecule has 2 saturated heterocycles. The molecule has 4 heteroatoms. The van der Waals surface area contributed by atoms with Gasteiger partial charge < -0.3 is 15.2 Å². The van der Waals surface area contributed by atoms with Gasteiger partial charge in [-0.05, 0) is 42.5 Å². The molecular formula is C15H17N3O. The van der Waals surface area contributed by atoms with E-state index in [4.69, 9.17) is 0 Å². The van der Waals surface area contributed by atoms with Gasteiger partial charge in [-0.15, -0.1) is 0 Å². The number of H-pyrrole nitrogens is 1. The topological polar surface area (TPSA) is 48.1 Å². The number of aromatic amines is 1. The van der Waals surface area contributed by atoms with Crippen molar-refractivity contribution in [3.05, 3.63) is 36.0 Å². The van der Waals surface area contributed by atoms with E-state index in [1.165, 1.54) is 13.0 Å². The summed E-state index contributed by atoms with van der Waals surface area (Å²) in [5.74, 6) is 0.702. The molecule has 3 heterocycles. The van der Waals surface area contributed by atoms with E-state index in [-0.39, 0.29) is 5.91 Å². The highest BCUT2D eigenvalue weighted by Gasteiger charge is 2.38. The first-order valence-corrected chi connectivity index (χ1v) is 6.90. The smallest absolute Gasteiger partial charge is 0.251 e. The van der Waals surface area contributed by atoms with Gasteiger partial charge in [0.2, 0.25) is 0 Å². The third-order valence-corrected chi connectivity index (χ3v) is 4.47. The first-order chi connectivity index (χ1) is 9.29. The van der Waals surface area contributed by atoms with Gasteiger partial charge in [-0.3, -0.25) is 4.79 Å². The number of piperidine rings is 1. The van der Waals surface area contributed by atoms with Crippen LogP contribution >= 0.6 is 0 Å². The van der Waals surface area contributed by atoms with Gasteiger partial charge in [-0.1, -0.05) is 6.07 Å². The van der Waals surface area contributed by atoms with E-state index in [0.717, 1.165) is 29.6 Å². The lowest BCUT2D eigenvalue weighted by Crippen LogP contribution is -2.43. The van der Waals surface area contributed by atoms with Crippen molar-refractivity contribution in [2.75, 3.05) is 19.6 Å². The van der Waals surface area contributed by atoms with Gasteiger partial charge in [-0.2, -0.15) is 0 Å². The summed E-state index contributed by atoms with van der Waals surface area (Å²) in [7, 11) is 0. The molecule has 2 aliphatic rings. The van der Waals surface area contributed by atoms with Crippen LogP contribution in [-0.2, 0) is 0 Å². The van der Waals surface area contributed by atoms with Crippen LogP contribution in [0.15, 0.2) is 30.5 Å². The number of aromatic nitrogens is 1. The first kappa shape index (κ1) is 11.1. The number of nitrogens with one attached hydrogen (secondary N) is 2. The zero-order chi connectivity index (χ0) is 12.8. The first-order valence-electron chi connectivity index (χ1n) is 6.90. The molecule has 2 aliphatic heterocycles. The minimum atomic E-state index is 0.0512. The lowest BCUT2D eigenvalue weighted by molar-refractivity contribution is 0.0924. The van der Waals surface area contributed by atoms with Crippen LogP contribution in [0.25, 0.3) is 10.9 Å². The van der Waals surface area contributed by atoms with Gasteiger partial charge in [0.1, 0.15) is 0 Å². The quantitative estimate of drug-likeness (QED) is 0.856. The van der Waals surface area contributed by atoms with E-state index in [9.17, 15) is 4.79 Å². The van der Waals surface area contributed by atoms with Crippen molar-refractivity contribution in [3.8, 4) is 0 Å². The number of hydrogen-bond donors (Lipinski definition) is 2. The monoisotopic (exact) mass is 255 g/mol. The minimum Gasteiger partial charge on any atom is -0.361 e. The Balaban J connectivity index is 1.53. The molecule has 0 radical (unpaired) electrons. The fourth-order valence-corrected chi connectivity index (χ4v) is 3.39. The Morgan fingerprint density at radius 1 is 1.32 bits per heavy atom. The summed E-state index contributed by atoms with van der Waals surface area (Å²) in [6, 6.07) is 8.17. The van der Waals surface area contributed by atoms with Crippen molar-refractivity contribution in [2.24, 2.45) is 5.92 Å². The number of carbonyl (C=O) groups is 1. The lowest BCUT2D eigenvalue weighted by atomic mass is 9.99. The number of amides is 1. The molecule has 4 nitrogen and oxygen atoms in total. The highest BCUT2D eigenvalue weighted by Crippen LogP contribution is 2.28. The molecule has 3 atom stereocenters. The third kappa shape index (κ3) is 1.83. The van der Waals surface area contributed by atoms with Crippen LogP contribution < -0.4 is 5.32 Å². The number of benzene rings is 1. The summed E-state index contributed by atoms with van der Waals surface area (Å²) < 4.78 is 0. The number of nitrogens with zero attached hydrogens (tertiary/aromatic N) is 1. The Kier molecular flexibility index (Phi) is 2.38. The molecule has 1 amide bonds. The van der Waals surface area contributed by atoms with Crippen molar-refractivity contribution >= 4 is 16.8 Å². The number of rotatable bonds is 2. The standard InChI is InChI=1S/C15H17N3O/c19-15(17-14-9-18-6-4-12(14)8-18)11-2-1-10-3-5-16-13(10)7-11/h1-3,5,7,12,14,16H,4,6,8-9H2,(H,17,19)/t12-,14-/m0/s1. The third-order valence-electron chi connectivity index (χ3n) is 4.47. The molecule has 2 fully saturated rings. The van der Waals surface area contributed by atoms with Crippen LogP contribution in [0.4, 0.5) is 0 Å². The molecule has 2 bridgehead atoms. The van der Waals surface area contributed by atoms with Gasteiger partial charge in [0.15, 0.2) is 0 Å².